The smallest absolute Gasteiger partial charge is 0.0567 e. The Kier molecular flexibility index (Phi) is 5.25. The van der Waals surface area contributed by atoms with Crippen molar-refractivity contribution in [3.05, 3.63) is 44.3 Å². The molecule has 2 aromatic heterocycles. The van der Waals surface area contributed by atoms with Gasteiger partial charge in [-0.15, -0.1) is 22.7 Å². The third-order valence-electron chi connectivity index (χ3n) is 3.98. The van der Waals surface area contributed by atoms with Crippen LogP contribution in [0, 0.1) is 0 Å². The van der Waals surface area contributed by atoms with E-state index in [0.717, 1.165) is 0 Å². The highest BCUT2D eigenvalue weighted by atomic mass is 32.1. The van der Waals surface area contributed by atoms with E-state index in [1.54, 1.807) is 0 Å². The summed E-state index contributed by atoms with van der Waals surface area (Å²) in [4.78, 5) is 6.58. The fourth-order valence-corrected chi connectivity index (χ4v) is 4.48. The minimum absolute atomic E-state index is 0.208. The molecule has 21 heavy (non-hydrogen) atoms. The molecule has 2 heterocycles. The number of hydrogen-bond donors (Lipinski definition) is 1. The Labute approximate surface area is 136 Å². The molecule has 2 unspecified atom stereocenters. The van der Waals surface area contributed by atoms with Crippen molar-refractivity contribution in [3.63, 3.8) is 0 Å². The first-order valence-electron chi connectivity index (χ1n) is 7.40. The van der Waals surface area contributed by atoms with Gasteiger partial charge in [0.25, 0.3) is 0 Å². The fraction of sp³-hybridized carbons (Fsp3) is 0.529. The molecule has 0 aliphatic heterocycles. The SMILES string of the molecule is CC(c1cccs1)N(C)C(CN)c1ccc(C(C)(C)C)s1. The Morgan fingerprint density at radius 3 is 2.38 bits per heavy atom. The van der Waals surface area contributed by atoms with Gasteiger partial charge in [0.1, 0.15) is 0 Å². The molecular formula is C17H26N2S2. The lowest BCUT2D eigenvalue weighted by Crippen LogP contribution is -2.31. The highest BCUT2D eigenvalue weighted by Gasteiger charge is 2.25. The summed E-state index contributed by atoms with van der Waals surface area (Å²) in [5.41, 5.74) is 6.29. The van der Waals surface area contributed by atoms with Crippen LogP contribution < -0.4 is 5.73 Å². The van der Waals surface area contributed by atoms with Gasteiger partial charge in [0.05, 0.1) is 6.04 Å². The van der Waals surface area contributed by atoms with E-state index in [1.165, 1.54) is 14.6 Å². The zero-order valence-corrected chi connectivity index (χ0v) is 15.2. The van der Waals surface area contributed by atoms with Gasteiger partial charge in [-0.3, -0.25) is 4.90 Å². The van der Waals surface area contributed by atoms with Gasteiger partial charge in [0.15, 0.2) is 0 Å². The Morgan fingerprint density at radius 1 is 1.19 bits per heavy atom. The summed E-state index contributed by atoms with van der Waals surface area (Å²) in [6, 6.07) is 9.49. The molecule has 0 aliphatic rings. The van der Waals surface area contributed by atoms with Crippen LogP contribution in [0.5, 0.6) is 0 Å². The van der Waals surface area contributed by atoms with Crippen molar-refractivity contribution >= 4 is 22.7 Å². The lowest BCUT2D eigenvalue weighted by Gasteiger charge is -2.31. The fourth-order valence-electron chi connectivity index (χ4n) is 2.42. The van der Waals surface area contributed by atoms with E-state index >= 15 is 0 Å². The molecule has 2 atom stereocenters. The molecule has 4 heteroatoms. The summed E-state index contributed by atoms with van der Waals surface area (Å²) >= 11 is 3.71. The largest absolute Gasteiger partial charge is 0.329 e. The average molecular weight is 323 g/mol. The van der Waals surface area contributed by atoms with Crippen LogP contribution in [0.2, 0.25) is 0 Å². The zero-order chi connectivity index (χ0) is 15.6. The van der Waals surface area contributed by atoms with Gasteiger partial charge < -0.3 is 5.73 Å². The molecular weight excluding hydrogens is 296 g/mol. The van der Waals surface area contributed by atoms with Crippen LogP contribution >= 0.6 is 22.7 Å². The number of likely N-dealkylation sites (N-methyl/N-ethyl adjacent to an activating group) is 1. The topological polar surface area (TPSA) is 29.3 Å². The molecule has 0 amide bonds. The normalized spacial score (nSPS) is 15.4. The Balaban J connectivity index is 2.21. The third-order valence-corrected chi connectivity index (χ3v) is 6.63. The van der Waals surface area contributed by atoms with Crippen molar-refractivity contribution in [3.8, 4) is 0 Å². The van der Waals surface area contributed by atoms with Crippen molar-refractivity contribution in [2.24, 2.45) is 5.73 Å². The van der Waals surface area contributed by atoms with Crippen LogP contribution in [0.3, 0.4) is 0 Å². The molecule has 116 valence electrons. The maximum absolute atomic E-state index is 6.08. The highest BCUT2D eigenvalue weighted by Crippen LogP contribution is 2.36. The van der Waals surface area contributed by atoms with E-state index in [0.29, 0.717) is 12.6 Å². The van der Waals surface area contributed by atoms with Gasteiger partial charge in [-0.25, -0.2) is 0 Å². The van der Waals surface area contributed by atoms with Crippen LogP contribution in [0.4, 0.5) is 0 Å². The monoisotopic (exact) mass is 322 g/mol. The summed E-state index contributed by atoms with van der Waals surface area (Å²) in [6.07, 6.45) is 0. The third kappa shape index (κ3) is 3.75. The van der Waals surface area contributed by atoms with E-state index in [-0.39, 0.29) is 11.5 Å². The van der Waals surface area contributed by atoms with Crippen LogP contribution in [0.15, 0.2) is 29.6 Å². The number of hydrogen-bond acceptors (Lipinski definition) is 4. The molecule has 2 N–H and O–H groups in total. The molecule has 0 saturated heterocycles. The molecule has 0 bridgehead atoms. The predicted octanol–water partition coefficient (Wildman–Crippen LogP) is 4.80. The Bertz CT molecular complexity index is 552. The second kappa shape index (κ2) is 6.61. The second-order valence-corrected chi connectivity index (χ2v) is 8.66. The standard InChI is InChI=1S/C17H26N2S2/c1-12(14-7-6-10-20-14)19(5)13(11-18)15-8-9-16(21-15)17(2,3)4/h6-10,12-13H,11,18H2,1-5H3. The molecule has 0 radical (unpaired) electrons. The average Bonchev–Trinajstić information content (AvgIpc) is 3.09. The summed E-state index contributed by atoms with van der Waals surface area (Å²) in [5.74, 6) is 0. The van der Waals surface area contributed by atoms with E-state index in [2.05, 4.69) is 69.3 Å². The number of rotatable bonds is 5. The van der Waals surface area contributed by atoms with Crippen LogP contribution in [0.1, 0.15) is 54.4 Å². The van der Waals surface area contributed by atoms with Crippen molar-refractivity contribution in [1.82, 2.24) is 4.90 Å². The first-order chi connectivity index (χ1) is 9.84. The zero-order valence-electron chi connectivity index (χ0n) is 13.6. The minimum atomic E-state index is 0.208. The van der Waals surface area contributed by atoms with Gasteiger partial charge in [0.2, 0.25) is 0 Å². The van der Waals surface area contributed by atoms with Gasteiger partial charge in [-0.2, -0.15) is 0 Å². The predicted molar refractivity (Wildman–Crippen MR) is 95.3 cm³/mol. The summed E-state index contributed by atoms with van der Waals surface area (Å²) in [5, 5.41) is 2.14. The number of thiophene rings is 2. The van der Waals surface area contributed by atoms with Crippen molar-refractivity contribution in [1.29, 1.82) is 0 Å². The van der Waals surface area contributed by atoms with Crippen molar-refractivity contribution < 1.29 is 0 Å². The molecule has 0 fully saturated rings. The lowest BCUT2D eigenvalue weighted by atomic mass is 9.95. The molecule has 0 saturated carbocycles. The van der Waals surface area contributed by atoms with Crippen molar-refractivity contribution in [2.75, 3.05) is 13.6 Å². The summed E-state index contributed by atoms with van der Waals surface area (Å²) < 4.78 is 0. The first-order valence-corrected chi connectivity index (χ1v) is 9.10. The maximum Gasteiger partial charge on any atom is 0.0567 e. The Morgan fingerprint density at radius 2 is 1.90 bits per heavy atom. The second-order valence-electron chi connectivity index (χ2n) is 6.56. The molecule has 0 aromatic carbocycles. The molecule has 0 aliphatic carbocycles. The summed E-state index contributed by atoms with van der Waals surface area (Å²) in [7, 11) is 2.18. The molecule has 2 rings (SSSR count). The quantitative estimate of drug-likeness (QED) is 0.856. The van der Waals surface area contributed by atoms with Gasteiger partial charge >= 0.3 is 0 Å². The summed E-state index contributed by atoms with van der Waals surface area (Å²) in [6.45, 7) is 9.69. The van der Waals surface area contributed by atoms with E-state index in [1.807, 2.05) is 22.7 Å². The van der Waals surface area contributed by atoms with Gasteiger partial charge in [0, 0.05) is 27.2 Å². The number of nitrogens with two attached hydrogens (primary N) is 1. The van der Waals surface area contributed by atoms with Gasteiger partial charge in [-0.1, -0.05) is 26.8 Å². The van der Waals surface area contributed by atoms with E-state index in [4.69, 9.17) is 5.73 Å². The van der Waals surface area contributed by atoms with Crippen molar-refractivity contribution in [2.45, 2.75) is 45.2 Å². The van der Waals surface area contributed by atoms with E-state index in [9.17, 15) is 0 Å². The van der Waals surface area contributed by atoms with Crippen LogP contribution in [-0.2, 0) is 5.41 Å². The van der Waals surface area contributed by atoms with Crippen LogP contribution in [0.25, 0.3) is 0 Å². The number of nitrogens with zero attached hydrogens (tertiary/aromatic N) is 1. The maximum atomic E-state index is 6.08. The molecule has 2 aromatic rings. The molecule has 0 spiro atoms. The van der Waals surface area contributed by atoms with Crippen LogP contribution in [-0.4, -0.2) is 18.5 Å². The Hall–Kier alpha value is -0.680. The molecule has 2 nitrogen and oxygen atoms in total. The van der Waals surface area contributed by atoms with Gasteiger partial charge in [-0.05, 0) is 43.0 Å². The first kappa shape index (κ1) is 16.7. The minimum Gasteiger partial charge on any atom is -0.329 e. The highest BCUT2D eigenvalue weighted by molar-refractivity contribution is 7.12. The van der Waals surface area contributed by atoms with E-state index < -0.39 is 0 Å². The lowest BCUT2D eigenvalue weighted by molar-refractivity contribution is 0.195.